The SMILES string of the molecule is CCN(C(C)CC(=O)O)C1CCN(c2ccccc2)CC1. The number of hydrogen-bond acceptors (Lipinski definition) is 3. The Labute approximate surface area is 127 Å². The van der Waals surface area contributed by atoms with Crippen LogP contribution in [0.2, 0.25) is 0 Å². The quantitative estimate of drug-likeness (QED) is 0.875. The Morgan fingerprint density at radius 1 is 1.33 bits per heavy atom. The van der Waals surface area contributed by atoms with Crippen molar-refractivity contribution in [3.63, 3.8) is 0 Å². The number of hydrogen-bond donors (Lipinski definition) is 1. The van der Waals surface area contributed by atoms with Gasteiger partial charge in [0.15, 0.2) is 0 Å². The van der Waals surface area contributed by atoms with Gasteiger partial charge in [-0.2, -0.15) is 0 Å². The summed E-state index contributed by atoms with van der Waals surface area (Å²) in [5.74, 6) is -0.706. The summed E-state index contributed by atoms with van der Waals surface area (Å²) in [5, 5.41) is 8.98. The molecule has 1 aromatic carbocycles. The number of rotatable bonds is 6. The summed E-state index contributed by atoms with van der Waals surface area (Å²) < 4.78 is 0. The lowest BCUT2D eigenvalue weighted by Gasteiger charge is -2.41. The van der Waals surface area contributed by atoms with Crippen LogP contribution in [0.5, 0.6) is 0 Å². The van der Waals surface area contributed by atoms with Crippen LogP contribution in [-0.2, 0) is 4.79 Å². The molecule has 4 nitrogen and oxygen atoms in total. The van der Waals surface area contributed by atoms with Gasteiger partial charge in [0.2, 0.25) is 0 Å². The predicted molar refractivity (Wildman–Crippen MR) is 85.8 cm³/mol. The van der Waals surface area contributed by atoms with Crippen LogP contribution in [0.4, 0.5) is 5.69 Å². The highest BCUT2D eigenvalue weighted by atomic mass is 16.4. The monoisotopic (exact) mass is 290 g/mol. The fourth-order valence-corrected chi connectivity index (χ4v) is 3.39. The molecule has 1 aliphatic rings. The van der Waals surface area contributed by atoms with E-state index in [0.29, 0.717) is 6.04 Å². The second-order valence-electron chi connectivity index (χ2n) is 5.83. The van der Waals surface area contributed by atoms with Crippen LogP contribution in [0, 0.1) is 0 Å². The Morgan fingerprint density at radius 3 is 2.48 bits per heavy atom. The van der Waals surface area contributed by atoms with Crippen molar-refractivity contribution < 1.29 is 9.90 Å². The van der Waals surface area contributed by atoms with Crippen LogP contribution in [-0.4, -0.2) is 47.7 Å². The van der Waals surface area contributed by atoms with Crippen molar-refractivity contribution in [3.05, 3.63) is 30.3 Å². The van der Waals surface area contributed by atoms with Gasteiger partial charge in [0.25, 0.3) is 0 Å². The topological polar surface area (TPSA) is 43.8 Å². The van der Waals surface area contributed by atoms with Gasteiger partial charge in [-0.25, -0.2) is 0 Å². The van der Waals surface area contributed by atoms with E-state index in [1.807, 2.05) is 13.0 Å². The van der Waals surface area contributed by atoms with Crippen molar-refractivity contribution in [2.45, 2.75) is 45.2 Å². The molecule has 1 aromatic rings. The van der Waals surface area contributed by atoms with E-state index in [1.165, 1.54) is 5.69 Å². The summed E-state index contributed by atoms with van der Waals surface area (Å²) in [4.78, 5) is 15.7. The molecule has 21 heavy (non-hydrogen) atoms. The molecule has 1 fully saturated rings. The molecule has 4 heteroatoms. The smallest absolute Gasteiger partial charge is 0.304 e. The van der Waals surface area contributed by atoms with Gasteiger partial charge in [0, 0.05) is 30.9 Å². The second kappa shape index (κ2) is 7.46. The molecule has 1 atom stereocenters. The first-order valence-electron chi connectivity index (χ1n) is 7.89. The van der Waals surface area contributed by atoms with Gasteiger partial charge < -0.3 is 10.0 Å². The molecular formula is C17H26N2O2. The summed E-state index contributed by atoms with van der Waals surface area (Å²) in [6.07, 6.45) is 2.44. The molecular weight excluding hydrogens is 264 g/mol. The van der Waals surface area contributed by atoms with E-state index in [-0.39, 0.29) is 12.5 Å². The van der Waals surface area contributed by atoms with Crippen LogP contribution in [0.15, 0.2) is 30.3 Å². The maximum atomic E-state index is 10.9. The number of anilines is 1. The Kier molecular flexibility index (Phi) is 5.62. The highest BCUT2D eigenvalue weighted by Crippen LogP contribution is 2.24. The van der Waals surface area contributed by atoms with Crippen molar-refractivity contribution in [1.29, 1.82) is 0 Å². The summed E-state index contributed by atoms with van der Waals surface area (Å²) >= 11 is 0. The normalized spacial score (nSPS) is 18.0. The van der Waals surface area contributed by atoms with Crippen molar-refractivity contribution in [2.24, 2.45) is 0 Å². The third-order valence-corrected chi connectivity index (χ3v) is 4.46. The zero-order valence-corrected chi connectivity index (χ0v) is 13.0. The van der Waals surface area contributed by atoms with E-state index < -0.39 is 5.97 Å². The van der Waals surface area contributed by atoms with Gasteiger partial charge >= 0.3 is 5.97 Å². The minimum Gasteiger partial charge on any atom is -0.481 e. The Hall–Kier alpha value is -1.55. The molecule has 0 aliphatic carbocycles. The molecule has 1 aliphatic heterocycles. The summed E-state index contributed by atoms with van der Waals surface area (Å²) in [7, 11) is 0. The van der Waals surface area contributed by atoms with E-state index in [1.54, 1.807) is 0 Å². The van der Waals surface area contributed by atoms with E-state index in [0.717, 1.165) is 32.5 Å². The molecule has 2 rings (SSSR count). The number of piperidine rings is 1. The van der Waals surface area contributed by atoms with Gasteiger partial charge in [0.1, 0.15) is 0 Å². The van der Waals surface area contributed by atoms with E-state index in [4.69, 9.17) is 5.11 Å². The van der Waals surface area contributed by atoms with E-state index >= 15 is 0 Å². The van der Waals surface area contributed by atoms with Gasteiger partial charge in [-0.05, 0) is 38.4 Å². The number of para-hydroxylation sites is 1. The first kappa shape index (κ1) is 15.8. The molecule has 0 radical (unpaired) electrons. The second-order valence-corrected chi connectivity index (χ2v) is 5.83. The van der Waals surface area contributed by atoms with E-state index in [9.17, 15) is 4.79 Å². The number of carboxylic acids is 1. The lowest BCUT2D eigenvalue weighted by atomic mass is 10.00. The molecule has 1 saturated heterocycles. The fourth-order valence-electron chi connectivity index (χ4n) is 3.39. The molecule has 1 heterocycles. The molecule has 1 unspecified atom stereocenters. The van der Waals surface area contributed by atoms with Crippen LogP contribution >= 0.6 is 0 Å². The summed E-state index contributed by atoms with van der Waals surface area (Å²) in [6.45, 7) is 7.17. The van der Waals surface area contributed by atoms with Crippen molar-refractivity contribution >= 4 is 11.7 Å². The molecule has 0 amide bonds. The van der Waals surface area contributed by atoms with Crippen molar-refractivity contribution in [2.75, 3.05) is 24.5 Å². The molecule has 0 saturated carbocycles. The highest BCUT2D eigenvalue weighted by molar-refractivity contribution is 5.67. The minimum atomic E-state index is -0.706. The van der Waals surface area contributed by atoms with Crippen molar-refractivity contribution in [1.82, 2.24) is 4.90 Å². The van der Waals surface area contributed by atoms with Gasteiger partial charge in [-0.1, -0.05) is 25.1 Å². The molecule has 116 valence electrons. The number of carboxylic acid groups (broad SMARTS) is 1. The Balaban J connectivity index is 1.91. The minimum absolute atomic E-state index is 0.112. The molecule has 1 N–H and O–H groups in total. The lowest BCUT2D eigenvalue weighted by Crippen LogP contribution is -2.48. The molecule has 0 spiro atoms. The highest BCUT2D eigenvalue weighted by Gasteiger charge is 2.27. The predicted octanol–water partition coefficient (Wildman–Crippen LogP) is 2.84. The lowest BCUT2D eigenvalue weighted by molar-refractivity contribution is -0.138. The van der Waals surface area contributed by atoms with E-state index in [2.05, 4.69) is 41.0 Å². The zero-order valence-electron chi connectivity index (χ0n) is 13.0. The summed E-state index contributed by atoms with van der Waals surface area (Å²) in [5.41, 5.74) is 1.29. The van der Waals surface area contributed by atoms with Gasteiger partial charge in [-0.15, -0.1) is 0 Å². The van der Waals surface area contributed by atoms with Crippen LogP contribution < -0.4 is 4.90 Å². The first-order chi connectivity index (χ1) is 10.1. The maximum absolute atomic E-state index is 10.9. The van der Waals surface area contributed by atoms with Crippen LogP contribution in [0.1, 0.15) is 33.1 Å². The molecule has 0 bridgehead atoms. The number of aliphatic carboxylic acids is 1. The molecule has 0 aromatic heterocycles. The van der Waals surface area contributed by atoms with Crippen molar-refractivity contribution in [3.8, 4) is 0 Å². The van der Waals surface area contributed by atoms with Crippen LogP contribution in [0.25, 0.3) is 0 Å². The first-order valence-corrected chi connectivity index (χ1v) is 7.89. The third-order valence-electron chi connectivity index (χ3n) is 4.46. The zero-order chi connectivity index (χ0) is 15.2. The number of carbonyl (C=O) groups is 1. The van der Waals surface area contributed by atoms with Gasteiger partial charge in [0.05, 0.1) is 6.42 Å². The average Bonchev–Trinajstić information content (AvgIpc) is 2.49. The van der Waals surface area contributed by atoms with Gasteiger partial charge in [-0.3, -0.25) is 9.69 Å². The largest absolute Gasteiger partial charge is 0.481 e. The Morgan fingerprint density at radius 2 is 1.95 bits per heavy atom. The number of nitrogens with zero attached hydrogens (tertiary/aromatic N) is 2. The standard InChI is InChI=1S/C17H26N2O2/c1-3-19(14(2)13-17(20)21)16-9-11-18(12-10-16)15-7-5-4-6-8-15/h4-8,14,16H,3,9-13H2,1-2H3,(H,20,21). The summed E-state index contributed by atoms with van der Waals surface area (Å²) in [6, 6.07) is 11.1. The van der Waals surface area contributed by atoms with Crippen LogP contribution in [0.3, 0.4) is 0 Å². The fraction of sp³-hybridized carbons (Fsp3) is 0.588. The average molecular weight is 290 g/mol. The Bertz CT molecular complexity index is 441. The maximum Gasteiger partial charge on any atom is 0.304 e. The number of benzene rings is 1. The third kappa shape index (κ3) is 4.21.